The van der Waals surface area contributed by atoms with E-state index in [1.807, 2.05) is 72.8 Å². The number of nitrogens with zero attached hydrogens (tertiary/aromatic N) is 6. The molecule has 0 spiro atoms. The van der Waals surface area contributed by atoms with Gasteiger partial charge < -0.3 is 0 Å². The molecule has 0 fully saturated rings. The molecular formula is C118H78N6. The Hall–Kier alpha value is -16.5. The van der Waals surface area contributed by atoms with Crippen LogP contribution in [0.25, 0.3) is 223 Å². The van der Waals surface area contributed by atoms with Gasteiger partial charge in [0.2, 0.25) is 0 Å². The molecule has 0 aliphatic rings. The van der Waals surface area contributed by atoms with Crippen molar-refractivity contribution in [3.63, 3.8) is 0 Å². The molecule has 0 atom stereocenters. The van der Waals surface area contributed by atoms with Crippen LogP contribution in [0.2, 0.25) is 0 Å². The Labute approximate surface area is 720 Å². The normalized spacial score (nSPS) is 11.2. The molecule has 0 saturated carbocycles. The van der Waals surface area contributed by atoms with Gasteiger partial charge in [-0.3, -0.25) is 0 Å². The summed E-state index contributed by atoms with van der Waals surface area (Å²) < 4.78 is 0. The lowest BCUT2D eigenvalue weighted by Crippen LogP contribution is -2.00. The van der Waals surface area contributed by atoms with Gasteiger partial charge >= 0.3 is 0 Å². The van der Waals surface area contributed by atoms with Gasteiger partial charge in [-0.15, -0.1) is 0 Å². The molecule has 6 nitrogen and oxygen atoms in total. The van der Waals surface area contributed by atoms with Crippen molar-refractivity contribution in [2.75, 3.05) is 0 Å². The summed E-state index contributed by atoms with van der Waals surface area (Å²) in [5.74, 6) is 1.91. The fourth-order valence-electron chi connectivity index (χ4n) is 17.0. The highest BCUT2D eigenvalue weighted by Gasteiger charge is 2.22. The number of rotatable bonds is 16. The van der Waals surface area contributed by atoms with E-state index < -0.39 is 0 Å². The first kappa shape index (κ1) is 75.0. The highest BCUT2D eigenvalue weighted by atomic mass is 15.0. The van der Waals surface area contributed by atoms with Gasteiger partial charge in [-0.2, -0.15) is 0 Å². The first-order chi connectivity index (χ1) is 61.4. The van der Waals surface area contributed by atoms with E-state index in [-0.39, 0.29) is 0 Å². The van der Waals surface area contributed by atoms with E-state index in [0.29, 0.717) is 17.5 Å². The molecule has 0 saturated heterocycles. The third kappa shape index (κ3) is 15.4. The summed E-state index contributed by atoms with van der Waals surface area (Å²) in [4.78, 5) is 30.9. The molecule has 580 valence electrons. The first-order valence-electron chi connectivity index (χ1n) is 42.0. The average molecular weight is 1580 g/mol. The predicted molar refractivity (Wildman–Crippen MR) is 517 cm³/mol. The quantitative estimate of drug-likeness (QED) is 0.0897. The van der Waals surface area contributed by atoms with Crippen LogP contribution in [-0.4, -0.2) is 29.9 Å². The maximum atomic E-state index is 5.48. The summed E-state index contributed by atoms with van der Waals surface area (Å²) in [6.45, 7) is 0. The number of hydrogen-bond acceptors (Lipinski definition) is 6. The van der Waals surface area contributed by atoms with Crippen LogP contribution >= 0.6 is 0 Å². The number of hydrogen-bond donors (Lipinski definition) is 0. The van der Waals surface area contributed by atoms with Crippen molar-refractivity contribution in [2.45, 2.75) is 0 Å². The van der Waals surface area contributed by atoms with Gasteiger partial charge in [-0.25, -0.2) is 29.9 Å². The standard InChI is InChI=1S/C60H40N2.C58H38N4/c1-5-15-41(16-6-1)43-25-31-47(32-26-43)55-40-59(50-35-29-44(30-36-50)42-17-7-2-8-18-42)62-60-53-24-14-13-23-52(53)54(39-56(55)60)46-33-27-45(28-34-46)51-37-57(48-19-9-3-10-20-48)61-58(38-51)49-21-11-4-12-22-49;1-5-15-39(16-6-1)41-25-29-44(30-26-41)52-38-54(45-33-27-42(28-34-45)40-17-7-2-8-18-40)59-55-50-24-14-13-23-49(50)51(37-53(52)55)43-31-35-48(36-32-43)58-61-56(46-19-9-3-10-20-46)60-57(62-58)47-21-11-4-12-22-47/h1-40H;1-38H. The summed E-state index contributed by atoms with van der Waals surface area (Å²) in [5.41, 5.74) is 33.8. The maximum absolute atomic E-state index is 5.48. The monoisotopic (exact) mass is 1580 g/mol. The summed E-state index contributed by atoms with van der Waals surface area (Å²) in [6, 6.07) is 167. The van der Waals surface area contributed by atoms with E-state index in [4.69, 9.17) is 29.9 Å². The molecule has 22 rings (SSSR count). The molecule has 0 unspecified atom stereocenters. The Kier molecular flexibility index (Phi) is 20.4. The zero-order valence-corrected chi connectivity index (χ0v) is 67.7. The Balaban J connectivity index is 0.000000152. The van der Waals surface area contributed by atoms with E-state index in [1.54, 1.807) is 0 Å². The number of pyridine rings is 3. The lowest BCUT2D eigenvalue weighted by molar-refractivity contribution is 1.07. The van der Waals surface area contributed by atoms with Gasteiger partial charge in [0.15, 0.2) is 17.5 Å². The Morgan fingerprint density at radius 1 is 0.105 bits per heavy atom. The molecule has 22 aromatic rings. The smallest absolute Gasteiger partial charge is 0.164 e. The van der Waals surface area contributed by atoms with Crippen molar-refractivity contribution in [1.29, 1.82) is 0 Å². The minimum Gasteiger partial charge on any atom is -0.248 e. The van der Waals surface area contributed by atoms with Crippen molar-refractivity contribution in [3.8, 4) is 179 Å². The second kappa shape index (κ2) is 33.7. The van der Waals surface area contributed by atoms with E-state index in [9.17, 15) is 0 Å². The van der Waals surface area contributed by atoms with Crippen LogP contribution in [0.15, 0.2) is 473 Å². The third-order valence-corrected chi connectivity index (χ3v) is 23.5. The molecule has 18 aromatic carbocycles. The van der Waals surface area contributed by atoms with E-state index in [0.717, 1.165) is 150 Å². The highest BCUT2D eigenvalue weighted by molar-refractivity contribution is 6.18. The fraction of sp³-hybridized carbons (Fsp3) is 0. The predicted octanol–water partition coefficient (Wildman–Crippen LogP) is 31.0. The fourth-order valence-corrected chi connectivity index (χ4v) is 17.0. The Morgan fingerprint density at radius 3 is 0.581 bits per heavy atom. The van der Waals surface area contributed by atoms with Gasteiger partial charge in [-0.05, 0) is 147 Å². The van der Waals surface area contributed by atoms with Gasteiger partial charge in [-0.1, -0.05) is 437 Å². The molecule has 0 aliphatic heterocycles. The van der Waals surface area contributed by atoms with Crippen molar-refractivity contribution in [1.82, 2.24) is 29.9 Å². The Morgan fingerprint density at radius 2 is 0.290 bits per heavy atom. The molecule has 0 N–H and O–H groups in total. The van der Waals surface area contributed by atoms with Crippen LogP contribution in [0.4, 0.5) is 0 Å². The molecule has 4 heterocycles. The zero-order chi connectivity index (χ0) is 82.5. The minimum atomic E-state index is 0.627. The van der Waals surface area contributed by atoms with Crippen LogP contribution in [-0.2, 0) is 0 Å². The number of aromatic nitrogens is 6. The molecule has 0 amide bonds. The van der Waals surface area contributed by atoms with Crippen LogP contribution in [0.3, 0.4) is 0 Å². The molecule has 4 aromatic heterocycles. The molecule has 124 heavy (non-hydrogen) atoms. The first-order valence-corrected chi connectivity index (χ1v) is 42.0. The van der Waals surface area contributed by atoms with E-state index in [2.05, 4.69) is 400 Å². The average Bonchev–Trinajstić information content (AvgIpc) is 0.741. The number of benzene rings is 18. The van der Waals surface area contributed by atoms with Gasteiger partial charge in [0, 0.05) is 60.5 Å². The largest absolute Gasteiger partial charge is 0.248 e. The van der Waals surface area contributed by atoms with Crippen LogP contribution in [0.1, 0.15) is 0 Å². The second-order valence-corrected chi connectivity index (χ2v) is 31.2. The third-order valence-electron chi connectivity index (χ3n) is 23.5. The van der Waals surface area contributed by atoms with Crippen LogP contribution in [0.5, 0.6) is 0 Å². The lowest BCUT2D eigenvalue weighted by atomic mass is 9.90. The molecule has 6 heteroatoms. The SMILES string of the molecule is c1ccc(-c2ccc(-c3cc(-c4ccc(-c5ccccc5)cc4)c4cc(-c5ccc(-c6cc(-c7ccccc7)nc(-c7ccccc7)c6)cc5)c5ccccc5c4n3)cc2)cc1.c1ccc(-c2ccc(-c3cc(-c4ccc(-c5ccccc5)cc4)c4cc(-c5ccc(-c6nc(-c7ccccc7)nc(-c7ccccc7)n6)cc5)c5ccccc5c4n3)cc2)cc1. The Bertz CT molecular complexity index is 7000. The molecule has 0 aliphatic carbocycles. The molecule has 0 radical (unpaired) electrons. The van der Waals surface area contributed by atoms with Crippen molar-refractivity contribution in [2.24, 2.45) is 0 Å². The maximum Gasteiger partial charge on any atom is 0.164 e. The zero-order valence-electron chi connectivity index (χ0n) is 67.7. The van der Waals surface area contributed by atoms with Gasteiger partial charge in [0.25, 0.3) is 0 Å². The van der Waals surface area contributed by atoms with Crippen molar-refractivity contribution >= 4 is 43.4 Å². The minimum absolute atomic E-state index is 0.627. The van der Waals surface area contributed by atoms with E-state index in [1.165, 1.54) is 55.5 Å². The van der Waals surface area contributed by atoms with Gasteiger partial charge in [0.1, 0.15) is 0 Å². The van der Waals surface area contributed by atoms with Crippen molar-refractivity contribution < 1.29 is 0 Å². The summed E-state index contributed by atoms with van der Waals surface area (Å²) in [5, 5.41) is 6.75. The van der Waals surface area contributed by atoms with Crippen LogP contribution < -0.4 is 0 Å². The second-order valence-electron chi connectivity index (χ2n) is 31.2. The summed E-state index contributed by atoms with van der Waals surface area (Å²) >= 11 is 0. The van der Waals surface area contributed by atoms with Crippen molar-refractivity contribution in [3.05, 3.63) is 473 Å². The van der Waals surface area contributed by atoms with Gasteiger partial charge in [0.05, 0.1) is 33.8 Å². The molecule has 0 bridgehead atoms. The number of fused-ring (bicyclic) bond motifs is 6. The lowest BCUT2D eigenvalue weighted by Gasteiger charge is -2.16. The van der Waals surface area contributed by atoms with E-state index >= 15 is 0 Å². The highest BCUT2D eigenvalue weighted by Crippen LogP contribution is 2.45. The summed E-state index contributed by atoms with van der Waals surface area (Å²) in [6.07, 6.45) is 0. The topological polar surface area (TPSA) is 77.3 Å². The van der Waals surface area contributed by atoms with Crippen LogP contribution in [0, 0.1) is 0 Å². The molecular weight excluding hydrogens is 1500 g/mol. The summed E-state index contributed by atoms with van der Waals surface area (Å²) in [7, 11) is 0.